The van der Waals surface area contributed by atoms with E-state index in [1.807, 2.05) is 30.3 Å². The number of rotatable bonds is 8. The molecule has 1 heterocycles. The van der Waals surface area contributed by atoms with Crippen LogP contribution in [0.3, 0.4) is 0 Å². The Morgan fingerprint density at radius 2 is 1.64 bits per heavy atom. The number of carbonyl (C=O) groups excluding carboxylic acids is 1. The number of aliphatic hydroxyl groups is 1. The minimum Gasteiger partial charge on any atom is -0.491 e. The molecule has 0 aromatic heterocycles. The van der Waals surface area contributed by atoms with E-state index in [4.69, 9.17) is 16.3 Å². The Hall–Kier alpha value is -2.86. The maximum absolute atomic E-state index is 12.5. The highest BCUT2D eigenvalue weighted by Crippen LogP contribution is 2.25. The van der Waals surface area contributed by atoms with E-state index < -0.39 is 6.10 Å². The first-order valence-corrected chi connectivity index (χ1v) is 11.6. The van der Waals surface area contributed by atoms with Crippen molar-refractivity contribution in [2.45, 2.75) is 13.0 Å². The van der Waals surface area contributed by atoms with E-state index in [-0.39, 0.29) is 12.4 Å². The van der Waals surface area contributed by atoms with Gasteiger partial charge in [-0.2, -0.15) is 0 Å². The number of nitrogens with zero attached hydrogens (tertiary/aromatic N) is 2. The van der Waals surface area contributed by atoms with Gasteiger partial charge >= 0.3 is 0 Å². The van der Waals surface area contributed by atoms with Crippen LogP contribution >= 0.6 is 11.6 Å². The van der Waals surface area contributed by atoms with Crippen molar-refractivity contribution >= 4 is 23.1 Å². The average molecular weight is 465 g/mol. The van der Waals surface area contributed by atoms with Crippen molar-refractivity contribution in [2.75, 3.05) is 44.2 Å². The van der Waals surface area contributed by atoms with Crippen LogP contribution in [-0.4, -0.2) is 61.2 Å². The lowest BCUT2D eigenvalue weighted by Gasteiger charge is -2.37. The van der Waals surface area contributed by atoms with Crippen molar-refractivity contribution in [3.63, 3.8) is 0 Å². The molecule has 1 N–H and O–H groups in total. The summed E-state index contributed by atoms with van der Waals surface area (Å²) in [7, 11) is 0. The van der Waals surface area contributed by atoms with Crippen molar-refractivity contribution in [1.82, 2.24) is 4.90 Å². The molecular weight excluding hydrogens is 436 g/mol. The molecule has 172 valence electrons. The van der Waals surface area contributed by atoms with E-state index in [0.29, 0.717) is 23.4 Å². The lowest BCUT2D eigenvalue weighted by atomic mass is 10.0. The van der Waals surface area contributed by atoms with Gasteiger partial charge in [-0.1, -0.05) is 48.0 Å². The summed E-state index contributed by atoms with van der Waals surface area (Å²) in [5.41, 5.74) is 3.67. The van der Waals surface area contributed by atoms with Crippen LogP contribution in [-0.2, 0) is 0 Å². The zero-order chi connectivity index (χ0) is 23.2. The molecule has 0 spiro atoms. The lowest BCUT2D eigenvalue weighted by molar-refractivity contribution is 0.0663. The number of hydrogen-bond acceptors (Lipinski definition) is 5. The second-order valence-corrected chi connectivity index (χ2v) is 8.84. The Labute approximate surface area is 200 Å². The van der Waals surface area contributed by atoms with Crippen molar-refractivity contribution in [1.29, 1.82) is 0 Å². The van der Waals surface area contributed by atoms with Crippen LogP contribution < -0.4 is 9.64 Å². The maximum Gasteiger partial charge on any atom is 0.193 e. The van der Waals surface area contributed by atoms with Gasteiger partial charge in [0.25, 0.3) is 0 Å². The Morgan fingerprint density at radius 3 is 2.33 bits per heavy atom. The van der Waals surface area contributed by atoms with Gasteiger partial charge in [-0.05, 0) is 48.9 Å². The SMILES string of the molecule is Cc1ccc(Cl)cc1N1CCN(C[C@@H](O)COc2ccc(C(=O)c3ccccc3)cc2)CC1. The Kier molecular flexibility index (Phi) is 7.65. The summed E-state index contributed by atoms with van der Waals surface area (Å²) >= 11 is 6.17. The fraction of sp³-hybridized carbons (Fsp3) is 0.296. The van der Waals surface area contributed by atoms with E-state index in [0.717, 1.165) is 31.2 Å². The quantitative estimate of drug-likeness (QED) is 0.499. The molecule has 4 rings (SSSR count). The number of ether oxygens (including phenoxy) is 1. The molecule has 1 saturated heterocycles. The monoisotopic (exact) mass is 464 g/mol. The van der Waals surface area contributed by atoms with E-state index >= 15 is 0 Å². The number of hydrogen-bond donors (Lipinski definition) is 1. The first kappa shape index (κ1) is 23.3. The summed E-state index contributed by atoms with van der Waals surface area (Å²) in [6, 6.07) is 22.3. The summed E-state index contributed by atoms with van der Waals surface area (Å²) in [6.07, 6.45) is -0.588. The molecule has 1 aliphatic rings. The van der Waals surface area contributed by atoms with Crippen molar-refractivity contribution < 1.29 is 14.6 Å². The predicted molar refractivity (Wildman–Crippen MR) is 133 cm³/mol. The third-order valence-electron chi connectivity index (χ3n) is 5.95. The topological polar surface area (TPSA) is 53.0 Å². The van der Waals surface area contributed by atoms with Gasteiger partial charge in [-0.25, -0.2) is 0 Å². The van der Waals surface area contributed by atoms with Crippen LogP contribution in [0.1, 0.15) is 21.5 Å². The summed E-state index contributed by atoms with van der Waals surface area (Å²) < 4.78 is 5.76. The molecule has 3 aromatic rings. The molecule has 0 radical (unpaired) electrons. The molecule has 1 atom stereocenters. The molecule has 0 amide bonds. The Balaban J connectivity index is 1.22. The van der Waals surface area contributed by atoms with Crippen LogP contribution in [0.2, 0.25) is 5.02 Å². The number of aliphatic hydroxyl groups excluding tert-OH is 1. The standard InChI is InChI=1S/C27H29ClN2O3/c1-20-7-10-23(28)17-26(20)30-15-13-29(14-16-30)18-24(31)19-33-25-11-8-22(9-12-25)27(32)21-5-3-2-4-6-21/h2-12,17,24,31H,13-16,18-19H2,1H3/t24-/m1/s1. The maximum atomic E-state index is 12.5. The van der Waals surface area contributed by atoms with Crippen molar-refractivity contribution in [2.24, 2.45) is 0 Å². The zero-order valence-corrected chi connectivity index (χ0v) is 19.5. The van der Waals surface area contributed by atoms with Gasteiger partial charge in [0.2, 0.25) is 0 Å². The average Bonchev–Trinajstić information content (AvgIpc) is 2.85. The third-order valence-corrected chi connectivity index (χ3v) is 6.18. The van der Waals surface area contributed by atoms with Gasteiger partial charge in [-0.3, -0.25) is 9.69 Å². The minimum atomic E-state index is -0.588. The largest absolute Gasteiger partial charge is 0.491 e. The Bertz CT molecular complexity index is 1060. The third kappa shape index (κ3) is 6.14. The van der Waals surface area contributed by atoms with Gasteiger partial charge in [0.15, 0.2) is 5.78 Å². The number of aryl methyl sites for hydroxylation is 1. The summed E-state index contributed by atoms with van der Waals surface area (Å²) in [5.74, 6) is 0.620. The second kappa shape index (κ2) is 10.8. The van der Waals surface area contributed by atoms with Crippen LogP contribution in [0.5, 0.6) is 5.75 Å². The fourth-order valence-corrected chi connectivity index (χ4v) is 4.26. The summed E-state index contributed by atoms with van der Waals surface area (Å²) in [6.45, 7) is 6.41. The van der Waals surface area contributed by atoms with Gasteiger partial charge in [-0.15, -0.1) is 0 Å². The number of benzene rings is 3. The minimum absolute atomic E-state index is 0.0192. The van der Waals surface area contributed by atoms with Crippen LogP contribution in [0.4, 0.5) is 5.69 Å². The molecule has 6 heteroatoms. The molecule has 33 heavy (non-hydrogen) atoms. The van der Waals surface area contributed by atoms with E-state index in [1.54, 1.807) is 36.4 Å². The highest BCUT2D eigenvalue weighted by atomic mass is 35.5. The molecule has 0 bridgehead atoms. The summed E-state index contributed by atoms with van der Waals surface area (Å²) in [4.78, 5) is 17.1. The van der Waals surface area contributed by atoms with Gasteiger partial charge < -0.3 is 14.7 Å². The van der Waals surface area contributed by atoms with Crippen LogP contribution in [0, 0.1) is 6.92 Å². The number of ketones is 1. The normalized spacial score (nSPS) is 15.3. The molecule has 1 fully saturated rings. The smallest absolute Gasteiger partial charge is 0.193 e. The zero-order valence-electron chi connectivity index (χ0n) is 18.8. The molecular formula is C27H29ClN2O3. The Morgan fingerprint density at radius 1 is 0.970 bits per heavy atom. The number of anilines is 1. The molecule has 1 aliphatic heterocycles. The van der Waals surface area contributed by atoms with Crippen molar-refractivity contribution in [3.05, 3.63) is 94.5 Å². The predicted octanol–water partition coefficient (Wildman–Crippen LogP) is 4.44. The number of carbonyl (C=O) groups is 1. The van der Waals surface area contributed by atoms with E-state index in [9.17, 15) is 9.90 Å². The number of piperazine rings is 1. The summed E-state index contributed by atoms with van der Waals surface area (Å²) in [5, 5.41) is 11.2. The van der Waals surface area contributed by atoms with Crippen molar-refractivity contribution in [3.8, 4) is 5.75 Å². The lowest BCUT2D eigenvalue weighted by Crippen LogP contribution is -2.49. The fourth-order valence-electron chi connectivity index (χ4n) is 4.10. The molecule has 0 saturated carbocycles. The van der Waals surface area contributed by atoms with Crippen LogP contribution in [0.25, 0.3) is 0 Å². The number of halogens is 1. The molecule has 0 unspecified atom stereocenters. The van der Waals surface area contributed by atoms with Gasteiger partial charge in [0.1, 0.15) is 18.5 Å². The highest BCUT2D eigenvalue weighted by molar-refractivity contribution is 6.30. The highest BCUT2D eigenvalue weighted by Gasteiger charge is 2.21. The second-order valence-electron chi connectivity index (χ2n) is 8.40. The molecule has 3 aromatic carbocycles. The molecule has 5 nitrogen and oxygen atoms in total. The van der Waals surface area contributed by atoms with E-state index in [1.165, 1.54) is 11.3 Å². The molecule has 0 aliphatic carbocycles. The van der Waals surface area contributed by atoms with Gasteiger partial charge in [0.05, 0.1) is 0 Å². The van der Waals surface area contributed by atoms with Crippen LogP contribution in [0.15, 0.2) is 72.8 Å². The van der Waals surface area contributed by atoms with E-state index in [2.05, 4.69) is 22.8 Å². The first-order chi connectivity index (χ1) is 16.0. The van der Waals surface area contributed by atoms with Gasteiger partial charge in [0, 0.05) is 54.6 Å². The number of β-amino-alcohol motifs (C(OH)–C–C–N with tert-alkyl or cyclic N) is 1. The first-order valence-electron chi connectivity index (χ1n) is 11.2.